The molecule has 120 valence electrons. The number of aromatic nitrogens is 2. The molecule has 0 radical (unpaired) electrons. The van der Waals surface area contributed by atoms with Gasteiger partial charge in [-0.1, -0.05) is 30.3 Å². The Bertz CT molecular complexity index is 707. The van der Waals surface area contributed by atoms with Crippen molar-refractivity contribution in [3.8, 4) is 11.3 Å². The summed E-state index contributed by atoms with van der Waals surface area (Å²) in [4.78, 5) is 23.1. The van der Waals surface area contributed by atoms with Crippen LogP contribution in [0.2, 0.25) is 0 Å². The second-order valence-electron chi connectivity index (χ2n) is 5.62. The van der Waals surface area contributed by atoms with E-state index in [4.69, 9.17) is 10.8 Å². The van der Waals surface area contributed by atoms with Gasteiger partial charge in [0, 0.05) is 31.8 Å². The van der Waals surface area contributed by atoms with Crippen LogP contribution in [0.3, 0.4) is 0 Å². The molecule has 0 saturated carbocycles. The average Bonchev–Trinajstić information content (AvgIpc) is 3.04. The van der Waals surface area contributed by atoms with Crippen molar-refractivity contribution in [3.05, 3.63) is 36.4 Å². The molecule has 7 heteroatoms. The molecule has 1 aliphatic heterocycles. The Morgan fingerprint density at radius 2 is 2.09 bits per heavy atom. The lowest BCUT2D eigenvalue weighted by molar-refractivity contribution is 0.142. The molecule has 2 heterocycles. The molecule has 1 aromatic heterocycles. The van der Waals surface area contributed by atoms with Gasteiger partial charge < -0.3 is 20.6 Å². The summed E-state index contributed by atoms with van der Waals surface area (Å²) in [5.74, 6) is 0.953. The van der Waals surface area contributed by atoms with Crippen LogP contribution in [0.15, 0.2) is 36.4 Å². The van der Waals surface area contributed by atoms with E-state index in [1.165, 1.54) is 4.90 Å². The van der Waals surface area contributed by atoms with Crippen LogP contribution in [0, 0.1) is 0 Å². The van der Waals surface area contributed by atoms with E-state index in [1.54, 1.807) is 7.05 Å². The van der Waals surface area contributed by atoms with Crippen LogP contribution in [-0.2, 0) is 0 Å². The molecule has 3 rings (SSSR count). The van der Waals surface area contributed by atoms with Gasteiger partial charge in [0.05, 0.1) is 11.7 Å². The minimum atomic E-state index is -0.913. The number of nitrogens with two attached hydrogens (primary N) is 1. The molecule has 1 aromatic carbocycles. The summed E-state index contributed by atoms with van der Waals surface area (Å²) in [6.07, 6.45) is -0.142. The molecule has 0 aliphatic carbocycles. The molecule has 1 atom stereocenters. The zero-order valence-corrected chi connectivity index (χ0v) is 12.9. The summed E-state index contributed by atoms with van der Waals surface area (Å²) in [6, 6.07) is 11.6. The third-order valence-electron chi connectivity index (χ3n) is 4.14. The number of rotatable bonds is 3. The highest BCUT2D eigenvalue weighted by atomic mass is 16.4. The van der Waals surface area contributed by atoms with E-state index in [0.29, 0.717) is 6.54 Å². The minimum Gasteiger partial charge on any atom is -0.465 e. The van der Waals surface area contributed by atoms with Crippen molar-refractivity contribution in [2.45, 2.75) is 12.5 Å². The first-order valence-electron chi connectivity index (χ1n) is 7.45. The number of likely N-dealkylation sites (N-methyl/N-ethyl adjacent to an activating group) is 1. The molecule has 2 aromatic rings. The molecule has 7 nitrogen and oxygen atoms in total. The zero-order valence-electron chi connectivity index (χ0n) is 12.9. The molecule has 0 spiro atoms. The maximum Gasteiger partial charge on any atom is 0.407 e. The lowest BCUT2D eigenvalue weighted by Gasteiger charge is -2.22. The van der Waals surface area contributed by atoms with E-state index in [2.05, 4.69) is 14.9 Å². The first-order valence-corrected chi connectivity index (χ1v) is 7.45. The molecule has 1 unspecified atom stereocenters. The summed E-state index contributed by atoms with van der Waals surface area (Å²) in [5.41, 5.74) is 7.59. The monoisotopic (exact) mass is 313 g/mol. The molecular formula is C16H19N5O2. The number of carboxylic acid groups (broad SMARTS) is 1. The van der Waals surface area contributed by atoms with Crippen LogP contribution >= 0.6 is 0 Å². The van der Waals surface area contributed by atoms with Crippen LogP contribution in [-0.4, -0.2) is 52.2 Å². The molecule has 1 amide bonds. The van der Waals surface area contributed by atoms with Gasteiger partial charge in [0.25, 0.3) is 0 Å². The number of hydrogen-bond acceptors (Lipinski definition) is 5. The Balaban J connectivity index is 1.84. The smallest absolute Gasteiger partial charge is 0.407 e. The van der Waals surface area contributed by atoms with Gasteiger partial charge in [0.2, 0.25) is 5.95 Å². The van der Waals surface area contributed by atoms with Gasteiger partial charge in [-0.15, -0.1) is 0 Å². The van der Waals surface area contributed by atoms with Crippen LogP contribution in [0.5, 0.6) is 0 Å². The van der Waals surface area contributed by atoms with E-state index in [9.17, 15) is 4.79 Å². The Morgan fingerprint density at radius 1 is 1.35 bits per heavy atom. The minimum absolute atomic E-state index is 0.0381. The van der Waals surface area contributed by atoms with Gasteiger partial charge in [0.15, 0.2) is 0 Å². The van der Waals surface area contributed by atoms with Crippen LogP contribution < -0.4 is 10.6 Å². The van der Waals surface area contributed by atoms with Gasteiger partial charge in [-0.05, 0) is 6.42 Å². The molecule has 1 aliphatic rings. The predicted octanol–water partition coefficient (Wildman–Crippen LogP) is 1.91. The van der Waals surface area contributed by atoms with Crippen LogP contribution in [0.4, 0.5) is 16.6 Å². The highest BCUT2D eigenvalue weighted by molar-refractivity contribution is 5.66. The fourth-order valence-corrected chi connectivity index (χ4v) is 2.79. The van der Waals surface area contributed by atoms with Gasteiger partial charge in [-0.25, -0.2) is 9.78 Å². The maximum absolute atomic E-state index is 11.1. The molecule has 0 bridgehead atoms. The molecule has 1 saturated heterocycles. The SMILES string of the molecule is CN(C(=O)O)C1CCN(c2cc(-c3ccccc3)nc(N)n2)C1. The third kappa shape index (κ3) is 3.18. The normalized spacial score (nSPS) is 17.3. The highest BCUT2D eigenvalue weighted by Gasteiger charge is 2.29. The van der Waals surface area contributed by atoms with Gasteiger partial charge in [0.1, 0.15) is 5.82 Å². The first kappa shape index (κ1) is 15.1. The molecular weight excluding hydrogens is 294 g/mol. The Labute approximate surface area is 134 Å². The predicted molar refractivity (Wildman–Crippen MR) is 88.3 cm³/mol. The average molecular weight is 313 g/mol. The van der Waals surface area contributed by atoms with Crippen molar-refractivity contribution in [2.75, 3.05) is 30.8 Å². The van der Waals surface area contributed by atoms with Crippen molar-refractivity contribution in [3.63, 3.8) is 0 Å². The molecule has 1 fully saturated rings. The lowest BCUT2D eigenvalue weighted by Crippen LogP contribution is -2.38. The van der Waals surface area contributed by atoms with Crippen molar-refractivity contribution in [2.24, 2.45) is 0 Å². The Hall–Kier alpha value is -2.83. The second-order valence-corrected chi connectivity index (χ2v) is 5.62. The van der Waals surface area contributed by atoms with Crippen LogP contribution in [0.1, 0.15) is 6.42 Å². The van der Waals surface area contributed by atoms with E-state index in [1.807, 2.05) is 36.4 Å². The van der Waals surface area contributed by atoms with Gasteiger partial charge in [-0.3, -0.25) is 0 Å². The van der Waals surface area contributed by atoms with Crippen molar-refractivity contribution >= 4 is 17.9 Å². The third-order valence-corrected chi connectivity index (χ3v) is 4.14. The fourth-order valence-electron chi connectivity index (χ4n) is 2.79. The Morgan fingerprint density at radius 3 is 2.78 bits per heavy atom. The zero-order chi connectivity index (χ0) is 16.4. The van der Waals surface area contributed by atoms with Crippen molar-refractivity contribution < 1.29 is 9.90 Å². The van der Waals surface area contributed by atoms with Crippen molar-refractivity contribution in [1.82, 2.24) is 14.9 Å². The number of anilines is 2. The van der Waals surface area contributed by atoms with E-state index < -0.39 is 6.09 Å². The Kier molecular flexibility index (Phi) is 4.01. The summed E-state index contributed by atoms with van der Waals surface area (Å²) < 4.78 is 0. The van der Waals surface area contributed by atoms with E-state index in [0.717, 1.165) is 30.0 Å². The number of carbonyl (C=O) groups is 1. The second kappa shape index (κ2) is 6.12. The largest absolute Gasteiger partial charge is 0.465 e. The topological polar surface area (TPSA) is 95.6 Å². The lowest BCUT2D eigenvalue weighted by atomic mass is 10.1. The molecule has 23 heavy (non-hydrogen) atoms. The molecule has 3 N–H and O–H groups in total. The summed E-state index contributed by atoms with van der Waals surface area (Å²) in [7, 11) is 1.60. The summed E-state index contributed by atoms with van der Waals surface area (Å²) in [5, 5.41) is 9.10. The number of benzene rings is 1. The summed E-state index contributed by atoms with van der Waals surface area (Å²) >= 11 is 0. The number of nitrogens with zero attached hydrogens (tertiary/aromatic N) is 4. The summed E-state index contributed by atoms with van der Waals surface area (Å²) in [6.45, 7) is 1.35. The van der Waals surface area contributed by atoms with Crippen LogP contribution in [0.25, 0.3) is 11.3 Å². The number of hydrogen-bond donors (Lipinski definition) is 2. The first-order chi connectivity index (χ1) is 11.0. The number of amides is 1. The standard InChI is InChI=1S/C16H19N5O2/c1-20(16(22)23)12-7-8-21(10-12)14-9-13(18-15(17)19-14)11-5-3-2-4-6-11/h2-6,9,12H,7-8,10H2,1H3,(H,22,23)(H2,17,18,19). The quantitative estimate of drug-likeness (QED) is 0.898. The van der Waals surface area contributed by atoms with Gasteiger partial charge >= 0.3 is 6.09 Å². The van der Waals surface area contributed by atoms with E-state index >= 15 is 0 Å². The maximum atomic E-state index is 11.1. The number of nitrogen functional groups attached to an aromatic ring is 1. The van der Waals surface area contributed by atoms with Crippen molar-refractivity contribution in [1.29, 1.82) is 0 Å². The van der Waals surface area contributed by atoms with Gasteiger partial charge in [-0.2, -0.15) is 4.98 Å². The van der Waals surface area contributed by atoms with E-state index in [-0.39, 0.29) is 12.0 Å². The fraction of sp³-hybridized carbons (Fsp3) is 0.312. The highest BCUT2D eigenvalue weighted by Crippen LogP contribution is 2.26.